The van der Waals surface area contributed by atoms with Crippen molar-refractivity contribution in [2.45, 2.75) is 4.34 Å². The number of hydrogen-bond donors (Lipinski definition) is 1. The smallest absolute Gasteiger partial charge is 0.311 e. The van der Waals surface area contributed by atoms with E-state index in [-0.39, 0.29) is 23.8 Å². The van der Waals surface area contributed by atoms with Crippen molar-refractivity contribution in [3.63, 3.8) is 0 Å². The van der Waals surface area contributed by atoms with Crippen LogP contribution in [0.15, 0.2) is 35.2 Å². The van der Waals surface area contributed by atoms with E-state index in [4.69, 9.17) is 9.47 Å². The van der Waals surface area contributed by atoms with Crippen molar-refractivity contribution >= 4 is 39.8 Å². The molecule has 1 aromatic heterocycles. The lowest BCUT2D eigenvalue weighted by molar-refractivity contribution is -0.385. The van der Waals surface area contributed by atoms with E-state index in [9.17, 15) is 14.9 Å². The van der Waals surface area contributed by atoms with Crippen molar-refractivity contribution in [2.75, 3.05) is 24.8 Å². The fraction of sp³-hybridized carbons (Fsp3) is 0.214. The minimum atomic E-state index is -0.563. The number of rotatable bonds is 9. The molecule has 2 aromatic rings. The summed E-state index contributed by atoms with van der Waals surface area (Å²) in [5, 5.41) is 21.5. The number of ether oxygens (including phenoxy) is 2. The predicted octanol–water partition coefficient (Wildman–Crippen LogP) is 2.75. The third kappa shape index (κ3) is 5.43. The maximum Gasteiger partial charge on any atom is 0.311 e. The van der Waals surface area contributed by atoms with Gasteiger partial charge in [0.1, 0.15) is 5.75 Å². The number of nitrogens with zero attached hydrogens (tertiary/aromatic N) is 3. The van der Waals surface area contributed by atoms with Crippen LogP contribution in [-0.2, 0) is 4.79 Å². The number of amides is 1. The van der Waals surface area contributed by atoms with Crippen LogP contribution in [0.25, 0.3) is 0 Å². The zero-order valence-corrected chi connectivity index (χ0v) is 14.8. The monoisotopic (exact) mass is 382 g/mol. The van der Waals surface area contributed by atoms with Crippen LogP contribution < -0.4 is 14.8 Å². The van der Waals surface area contributed by atoms with Crippen molar-refractivity contribution in [3.8, 4) is 11.5 Å². The first-order valence-corrected chi connectivity index (χ1v) is 8.66. The molecule has 0 saturated heterocycles. The minimum Gasteiger partial charge on any atom is -0.490 e. The normalized spacial score (nSPS) is 10.1. The summed E-state index contributed by atoms with van der Waals surface area (Å²) in [6, 6.07) is 3.99. The molecule has 2 rings (SSSR count). The molecule has 0 aliphatic heterocycles. The van der Waals surface area contributed by atoms with Gasteiger partial charge in [-0.2, -0.15) is 0 Å². The Hall–Kier alpha value is -2.66. The van der Waals surface area contributed by atoms with Crippen molar-refractivity contribution in [1.29, 1.82) is 0 Å². The van der Waals surface area contributed by atoms with Crippen LogP contribution in [0, 0.1) is 10.1 Å². The van der Waals surface area contributed by atoms with Gasteiger partial charge in [0.05, 0.1) is 12.0 Å². The summed E-state index contributed by atoms with van der Waals surface area (Å²) in [5.41, 5.74) is -0.183. The minimum absolute atomic E-state index is 0.0518. The zero-order valence-electron chi connectivity index (χ0n) is 13.1. The maximum absolute atomic E-state index is 11.9. The second-order valence-electron chi connectivity index (χ2n) is 4.40. The average molecular weight is 382 g/mol. The van der Waals surface area contributed by atoms with E-state index in [1.165, 1.54) is 48.4 Å². The highest BCUT2D eigenvalue weighted by atomic mass is 32.2. The number of carbonyl (C=O) groups is 1. The van der Waals surface area contributed by atoms with E-state index in [0.29, 0.717) is 10.9 Å². The van der Waals surface area contributed by atoms with Gasteiger partial charge in [0, 0.05) is 17.9 Å². The fourth-order valence-electron chi connectivity index (χ4n) is 1.65. The summed E-state index contributed by atoms with van der Waals surface area (Å²) >= 11 is 2.71. The highest BCUT2D eigenvalue weighted by Gasteiger charge is 2.16. The molecule has 0 atom stereocenters. The van der Waals surface area contributed by atoms with Crippen molar-refractivity contribution in [3.05, 3.63) is 41.0 Å². The third-order valence-corrected chi connectivity index (χ3v) is 4.66. The zero-order chi connectivity index (χ0) is 18.2. The van der Waals surface area contributed by atoms with Crippen molar-refractivity contribution in [2.24, 2.45) is 0 Å². The molecule has 0 aliphatic carbocycles. The maximum atomic E-state index is 11.9. The van der Waals surface area contributed by atoms with Gasteiger partial charge in [0.15, 0.2) is 10.9 Å². The fourth-order valence-corrected chi connectivity index (χ4v) is 3.18. The van der Waals surface area contributed by atoms with Gasteiger partial charge in [-0.15, -0.1) is 16.8 Å². The summed E-state index contributed by atoms with van der Waals surface area (Å²) < 4.78 is 11.0. The standard InChI is InChI=1S/C14H14N4O5S2/c1-3-6-24-14-17-16-13(25-14)15-12(19)8-23-9-4-5-10(18(20)21)11(7-9)22-2/h3-5,7H,1,6,8H2,2H3,(H,15,16,19). The molecule has 0 fully saturated rings. The van der Waals surface area contributed by atoms with Gasteiger partial charge in [0.25, 0.3) is 5.91 Å². The molecule has 1 aromatic carbocycles. The summed E-state index contributed by atoms with van der Waals surface area (Å²) in [7, 11) is 1.32. The van der Waals surface area contributed by atoms with E-state index in [1.807, 2.05) is 0 Å². The Bertz CT molecular complexity index is 780. The molecule has 11 heteroatoms. The molecule has 132 valence electrons. The SMILES string of the molecule is C=CCSc1nnc(NC(=O)COc2ccc([N+](=O)[O-])c(OC)c2)s1. The van der Waals surface area contributed by atoms with E-state index >= 15 is 0 Å². The number of benzene rings is 1. The van der Waals surface area contributed by atoms with Crippen molar-refractivity contribution < 1.29 is 19.2 Å². The van der Waals surface area contributed by atoms with Gasteiger partial charge in [-0.05, 0) is 6.07 Å². The number of hydrogen-bond acceptors (Lipinski definition) is 9. The molecule has 1 amide bonds. The largest absolute Gasteiger partial charge is 0.490 e. The second-order valence-corrected chi connectivity index (χ2v) is 6.65. The molecule has 0 saturated carbocycles. The quantitative estimate of drug-likeness (QED) is 0.231. The van der Waals surface area contributed by atoms with E-state index in [0.717, 1.165) is 4.34 Å². The Kier molecular flexibility index (Phi) is 6.71. The first-order valence-electron chi connectivity index (χ1n) is 6.85. The number of anilines is 1. The van der Waals surface area contributed by atoms with Crippen LogP contribution in [0.2, 0.25) is 0 Å². The number of nitrogens with one attached hydrogen (secondary N) is 1. The van der Waals surface area contributed by atoms with Gasteiger partial charge >= 0.3 is 5.69 Å². The number of carbonyl (C=O) groups excluding carboxylic acids is 1. The molecular formula is C14H14N4O5S2. The number of nitro benzene ring substituents is 1. The lowest BCUT2D eigenvalue weighted by Gasteiger charge is -2.07. The van der Waals surface area contributed by atoms with Crippen LogP contribution in [0.3, 0.4) is 0 Å². The molecule has 0 spiro atoms. The highest BCUT2D eigenvalue weighted by Crippen LogP contribution is 2.30. The van der Waals surface area contributed by atoms with E-state index < -0.39 is 10.8 Å². The predicted molar refractivity (Wildman–Crippen MR) is 94.6 cm³/mol. The second kappa shape index (κ2) is 8.99. The molecule has 25 heavy (non-hydrogen) atoms. The third-order valence-electron chi connectivity index (χ3n) is 2.70. The number of nitro groups is 1. The van der Waals surface area contributed by atoms with Gasteiger partial charge < -0.3 is 9.47 Å². The molecule has 0 unspecified atom stereocenters. The summed E-state index contributed by atoms with van der Waals surface area (Å²) in [6.07, 6.45) is 1.75. The Morgan fingerprint density at radius 2 is 2.32 bits per heavy atom. The molecule has 0 aliphatic rings. The first kappa shape index (κ1) is 18.7. The lowest BCUT2D eigenvalue weighted by Crippen LogP contribution is -2.20. The Balaban J connectivity index is 1.90. The molecule has 1 heterocycles. The molecule has 1 N–H and O–H groups in total. The Morgan fingerprint density at radius 1 is 1.52 bits per heavy atom. The molecule has 9 nitrogen and oxygen atoms in total. The van der Waals surface area contributed by atoms with Gasteiger partial charge in [-0.1, -0.05) is 29.2 Å². The summed E-state index contributed by atoms with van der Waals surface area (Å²) in [4.78, 5) is 22.1. The van der Waals surface area contributed by atoms with Gasteiger partial charge in [-0.25, -0.2) is 0 Å². The highest BCUT2D eigenvalue weighted by molar-refractivity contribution is 8.01. The number of methoxy groups -OCH3 is 1. The topological polar surface area (TPSA) is 116 Å². The Morgan fingerprint density at radius 3 is 3.00 bits per heavy atom. The van der Waals surface area contributed by atoms with Crippen LogP contribution in [0.4, 0.5) is 10.8 Å². The van der Waals surface area contributed by atoms with Crippen LogP contribution in [0.5, 0.6) is 11.5 Å². The van der Waals surface area contributed by atoms with Crippen LogP contribution >= 0.6 is 23.1 Å². The van der Waals surface area contributed by atoms with Gasteiger partial charge in [0.2, 0.25) is 10.9 Å². The summed E-state index contributed by atoms with van der Waals surface area (Å²) in [6.45, 7) is 3.33. The number of aromatic nitrogens is 2. The van der Waals surface area contributed by atoms with Crippen LogP contribution in [-0.4, -0.2) is 40.5 Å². The molecular weight excluding hydrogens is 368 g/mol. The Labute approximate surface area is 151 Å². The van der Waals surface area contributed by atoms with Gasteiger partial charge in [-0.3, -0.25) is 20.2 Å². The van der Waals surface area contributed by atoms with E-state index in [2.05, 4.69) is 22.1 Å². The number of thioether (sulfide) groups is 1. The van der Waals surface area contributed by atoms with Crippen LogP contribution in [0.1, 0.15) is 0 Å². The van der Waals surface area contributed by atoms with Crippen molar-refractivity contribution in [1.82, 2.24) is 10.2 Å². The lowest BCUT2D eigenvalue weighted by atomic mass is 10.3. The summed E-state index contributed by atoms with van der Waals surface area (Å²) in [5.74, 6) is 0.606. The average Bonchev–Trinajstić information content (AvgIpc) is 3.04. The van der Waals surface area contributed by atoms with E-state index in [1.54, 1.807) is 6.08 Å². The molecule has 0 bridgehead atoms. The first-order chi connectivity index (χ1) is 12.0. The molecule has 0 radical (unpaired) electrons.